The fraction of sp³-hybridized carbons (Fsp3) is 0.200. The normalized spacial score (nSPS) is 10.8. The quantitative estimate of drug-likeness (QED) is 0.754. The van der Waals surface area contributed by atoms with Gasteiger partial charge in [0, 0.05) is 22.3 Å². The standard InChI is InChI=1S/C10H8BrFOS/c1-13-9-4-8(12)7(5-11)6-2-3-14-10(6)9/h2-4H,5H2,1H3. The smallest absolute Gasteiger partial charge is 0.139 e. The molecular weight excluding hydrogens is 267 g/mol. The van der Waals surface area contributed by atoms with E-state index in [1.54, 1.807) is 18.4 Å². The van der Waals surface area contributed by atoms with E-state index in [0.717, 1.165) is 10.1 Å². The van der Waals surface area contributed by atoms with Crippen LogP contribution in [0.1, 0.15) is 5.56 Å². The number of benzene rings is 1. The van der Waals surface area contributed by atoms with Gasteiger partial charge in [-0.05, 0) is 11.4 Å². The molecule has 0 saturated heterocycles. The minimum atomic E-state index is -0.218. The monoisotopic (exact) mass is 274 g/mol. The summed E-state index contributed by atoms with van der Waals surface area (Å²) in [4.78, 5) is 0. The molecule has 0 N–H and O–H groups in total. The third-order valence-electron chi connectivity index (χ3n) is 2.11. The van der Waals surface area contributed by atoms with E-state index in [4.69, 9.17) is 4.74 Å². The lowest BCUT2D eigenvalue weighted by molar-refractivity contribution is 0.417. The van der Waals surface area contributed by atoms with Crippen LogP contribution in [0.2, 0.25) is 0 Å². The fourth-order valence-corrected chi connectivity index (χ4v) is 2.91. The van der Waals surface area contributed by atoms with Crippen molar-refractivity contribution in [1.29, 1.82) is 0 Å². The van der Waals surface area contributed by atoms with Crippen molar-refractivity contribution in [1.82, 2.24) is 0 Å². The van der Waals surface area contributed by atoms with Crippen LogP contribution in [0.15, 0.2) is 17.5 Å². The highest BCUT2D eigenvalue weighted by molar-refractivity contribution is 9.08. The highest BCUT2D eigenvalue weighted by atomic mass is 79.9. The molecule has 0 aliphatic heterocycles. The summed E-state index contributed by atoms with van der Waals surface area (Å²) in [6.07, 6.45) is 0. The number of ether oxygens (including phenoxy) is 1. The third-order valence-corrected chi connectivity index (χ3v) is 3.60. The molecule has 0 aliphatic carbocycles. The van der Waals surface area contributed by atoms with Crippen molar-refractivity contribution in [2.45, 2.75) is 5.33 Å². The summed E-state index contributed by atoms with van der Waals surface area (Å²) in [5.41, 5.74) is 0.696. The van der Waals surface area contributed by atoms with Gasteiger partial charge in [0.15, 0.2) is 0 Å². The minimum Gasteiger partial charge on any atom is -0.495 e. The highest BCUT2D eigenvalue weighted by Crippen LogP contribution is 2.35. The molecule has 2 aromatic rings. The molecule has 2 rings (SSSR count). The van der Waals surface area contributed by atoms with Gasteiger partial charge in [-0.3, -0.25) is 0 Å². The zero-order chi connectivity index (χ0) is 10.1. The van der Waals surface area contributed by atoms with Gasteiger partial charge in [-0.15, -0.1) is 11.3 Å². The maximum Gasteiger partial charge on any atom is 0.139 e. The van der Waals surface area contributed by atoms with Crippen LogP contribution >= 0.6 is 27.3 Å². The van der Waals surface area contributed by atoms with E-state index in [2.05, 4.69) is 15.9 Å². The van der Waals surface area contributed by atoms with Crippen LogP contribution < -0.4 is 4.74 Å². The number of hydrogen-bond acceptors (Lipinski definition) is 2. The van der Waals surface area contributed by atoms with Crippen molar-refractivity contribution in [3.8, 4) is 5.75 Å². The van der Waals surface area contributed by atoms with Crippen molar-refractivity contribution in [3.63, 3.8) is 0 Å². The fourth-order valence-electron chi connectivity index (χ4n) is 1.42. The second kappa shape index (κ2) is 3.87. The SMILES string of the molecule is COc1cc(F)c(CBr)c2ccsc12. The van der Waals surface area contributed by atoms with Crippen LogP contribution in [0.3, 0.4) is 0 Å². The molecule has 1 aromatic heterocycles. The van der Waals surface area contributed by atoms with Gasteiger partial charge in [0.05, 0.1) is 11.8 Å². The molecule has 1 aromatic carbocycles. The Morgan fingerprint density at radius 2 is 2.36 bits per heavy atom. The molecule has 0 spiro atoms. The number of methoxy groups -OCH3 is 1. The maximum atomic E-state index is 13.5. The van der Waals surface area contributed by atoms with Crippen LogP contribution in [0.5, 0.6) is 5.75 Å². The second-order valence-corrected chi connectivity index (χ2v) is 4.31. The van der Waals surface area contributed by atoms with Gasteiger partial charge in [-0.2, -0.15) is 0 Å². The molecule has 0 fully saturated rings. The Bertz CT molecular complexity index is 466. The Morgan fingerprint density at radius 1 is 1.57 bits per heavy atom. The van der Waals surface area contributed by atoms with E-state index >= 15 is 0 Å². The zero-order valence-electron chi connectivity index (χ0n) is 7.51. The highest BCUT2D eigenvalue weighted by Gasteiger charge is 2.12. The topological polar surface area (TPSA) is 9.23 Å². The van der Waals surface area contributed by atoms with E-state index in [-0.39, 0.29) is 5.82 Å². The van der Waals surface area contributed by atoms with Crippen molar-refractivity contribution < 1.29 is 9.13 Å². The second-order valence-electron chi connectivity index (χ2n) is 2.84. The summed E-state index contributed by atoms with van der Waals surface area (Å²) in [7, 11) is 1.56. The van der Waals surface area contributed by atoms with Gasteiger partial charge in [-0.1, -0.05) is 15.9 Å². The zero-order valence-corrected chi connectivity index (χ0v) is 9.91. The first kappa shape index (κ1) is 9.93. The summed E-state index contributed by atoms with van der Waals surface area (Å²) < 4.78 is 19.7. The van der Waals surface area contributed by atoms with E-state index in [1.807, 2.05) is 11.4 Å². The summed E-state index contributed by atoms with van der Waals surface area (Å²) in [5.74, 6) is 0.391. The molecule has 1 heterocycles. The molecule has 0 radical (unpaired) electrons. The van der Waals surface area contributed by atoms with E-state index in [0.29, 0.717) is 16.6 Å². The lowest BCUT2D eigenvalue weighted by Gasteiger charge is -2.06. The van der Waals surface area contributed by atoms with Gasteiger partial charge in [-0.25, -0.2) is 4.39 Å². The van der Waals surface area contributed by atoms with Crippen LogP contribution in [0, 0.1) is 5.82 Å². The molecule has 74 valence electrons. The van der Waals surface area contributed by atoms with E-state index < -0.39 is 0 Å². The molecule has 14 heavy (non-hydrogen) atoms. The van der Waals surface area contributed by atoms with Crippen molar-refractivity contribution in [2.24, 2.45) is 0 Å². The average molecular weight is 275 g/mol. The third kappa shape index (κ3) is 1.42. The Labute approximate surface area is 93.6 Å². The minimum absolute atomic E-state index is 0.218. The Balaban J connectivity index is 2.81. The summed E-state index contributed by atoms with van der Waals surface area (Å²) in [6, 6.07) is 3.36. The van der Waals surface area contributed by atoms with Crippen LogP contribution in [0.25, 0.3) is 10.1 Å². The number of halogens is 2. The van der Waals surface area contributed by atoms with Crippen molar-refractivity contribution in [3.05, 3.63) is 28.9 Å². The Morgan fingerprint density at radius 3 is 3.00 bits per heavy atom. The maximum absolute atomic E-state index is 13.5. The predicted octanol–water partition coefficient (Wildman–Crippen LogP) is 3.94. The molecule has 4 heteroatoms. The number of hydrogen-bond donors (Lipinski definition) is 0. The average Bonchev–Trinajstić information content (AvgIpc) is 2.65. The van der Waals surface area contributed by atoms with Gasteiger partial charge in [0.25, 0.3) is 0 Å². The van der Waals surface area contributed by atoms with E-state index in [9.17, 15) is 4.39 Å². The van der Waals surface area contributed by atoms with Crippen molar-refractivity contribution >= 4 is 37.4 Å². The number of alkyl halides is 1. The summed E-state index contributed by atoms with van der Waals surface area (Å²) in [5, 5.41) is 3.40. The predicted molar refractivity (Wildman–Crippen MR) is 61.0 cm³/mol. The molecular formula is C10H8BrFOS. The molecule has 0 amide bonds. The molecule has 0 bridgehead atoms. The lowest BCUT2D eigenvalue weighted by atomic mass is 10.1. The van der Waals surface area contributed by atoms with Crippen LogP contribution in [0.4, 0.5) is 4.39 Å². The molecule has 0 aliphatic rings. The number of fused-ring (bicyclic) bond motifs is 1. The Kier molecular flexibility index (Phi) is 2.74. The molecule has 0 unspecified atom stereocenters. The lowest BCUT2D eigenvalue weighted by Crippen LogP contribution is -1.90. The number of rotatable bonds is 2. The van der Waals surface area contributed by atoms with Gasteiger partial charge in [0.1, 0.15) is 11.6 Å². The first-order valence-corrected chi connectivity index (χ1v) is 6.06. The van der Waals surface area contributed by atoms with Crippen molar-refractivity contribution in [2.75, 3.05) is 7.11 Å². The van der Waals surface area contributed by atoms with Gasteiger partial charge < -0.3 is 4.74 Å². The van der Waals surface area contributed by atoms with Gasteiger partial charge >= 0.3 is 0 Å². The first-order chi connectivity index (χ1) is 6.77. The van der Waals surface area contributed by atoms with Gasteiger partial charge in [0.2, 0.25) is 0 Å². The molecule has 1 nitrogen and oxygen atoms in total. The summed E-state index contributed by atoms with van der Waals surface area (Å²) >= 11 is 4.85. The van der Waals surface area contributed by atoms with Crippen LogP contribution in [-0.4, -0.2) is 7.11 Å². The largest absolute Gasteiger partial charge is 0.495 e. The first-order valence-electron chi connectivity index (χ1n) is 4.06. The molecule has 0 saturated carbocycles. The summed E-state index contributed by atoms with van der Waals surface area (Å²) in [6.45, 7) is 0. The van der Waals surface area contributed by atoms with E-state index in [1.165, 1.54) is 6.07 Å². The molecule has 0 atom stereocenters. The van der Waals surface area contributed by atoms with Crippen LogP contribution in [-0.2, 0) is 5.33 Å². The number of thiophene rings is 1. The Hall–Kier alpha value is -0.610.